The summed E-state index contributed by atoms with van der Waals surface area (Å²) in [6, 6.07) is 2.25. The maximum atomic E-state index is 3.94. The first-order chi connectivity index (χ1) is 7.99. The van der Waals surface area contributed by atoms with Gasteiger partial charge in [0, 0.05) is 18.1 Å². The molecule has 2 heteroatoms. The molecule has 17 heavy (non-hydrogen) atoms. The topological polar surface area (TPSA) is 15.3 Å². The van der Waals surface area contributed by atoms with Crippen molar-refractivity contribution in [3.05, 3.63) is 0 Å². The van der Waals surface area contributed by atoms with Crippen molar-refractivity contribution in [3.8, 4) is 0 Å². The van der Waals surface area contributed by atoms with Crippen LogP contribution >= 0.6 is 0 Å². The zero-order valence-corrected chi connectivity index (χ0v) is 12.1. The van der Waals surface area contributed by atoms with Crippen LogP contribution in [0.1, 0.15) is 59.8 Å². The van der Waals surface area contributed by atoms with E-state index in [1.165, 1.54) is 45.2 Å². The molecule has 0 amide bonds. The Morgan fingerprint density at radius 2 is 1.76 bits per heavy atom. The lowest BCUT2D eigenvalue weighted by Gasteiger charge is -2.38. The van der Waals surface area contributed by atoms with Gasteiger partial charge in [-0.15, -0.1) is 0 Å². The summed E-state index contributed by atoms with van der Waals surface area (Å²) in [6.45, 7) is 12.1. The van der Waals surface area contributed by atoms with Gasteiger partial charge in [0.15, 0.2) is 0 Å². The van der Waals surface area contributed by atoms with Crippen LogP contribution in [0.5, 0.6) is 0 Å². The lowest BCUT2D eigenvalue weighted by Crippen LogP contribution is -2.50. The van der Waals surface area contributed by atoms with Gasteiger partial charge < -0.3 is 10.2 Å². The van der Waals surface area contributed by atoms with E-state index < -0.39 is 0 Å². The highest BCUT2D eigenvalue weighted by molar-refractivity contribution is 4.93. The van der Waals surface area contributed by atoms with Gasteiger partial charge in [-0.2, -0.15) is 0 Å². The van der Waals surface area contributed by atoms with E-state index in [2.05, 4.69) is 37.9 Å². The van der Waals surface area contributed by atoms with E-state index in [9.17, 15) is 0 Å². The van der Waals surface area contributed by atoms with Crippen LogP contribution in [0.4, 0.5) is 0 Å². The molecule has 0 bridgehead atoms. The quantitative estimate of drug-likeness (QED) is 0.813. The van der Waals surface area contributed by atoms with E-state index >= 15 is 0 Å². The number of hydrogen-bond donors (Lipinski definition) is 1. The van der Waals surface area contributed by atoms with Crippen molar-refractivity contribution in [2.75, 3.05) is 13.1 Å². The average molecular weight is 238 g/mol. The minimum absolute atomic E-state index is 0.523. The summed E-state index contributed by atoms with van der Waals surface area (Å²) in [7, 11) is 0. The average Bonchev–Trinajstić information content (AvgIpc) is 2.59. The van der Waals surface area contributed by atoms with Gasteiger partial charge in [0.05, 0.1) is 0 Å². The molecule has 2 nitrogen and oxygen atoms in total. The summed E-state index contributed by atoms with van der Waals surface area (Å²) in [5.74, 6) is 0. The third-order valence-corrected chi connectivity index (χ3v) is 4.95. The normalized spacial score (nSPS) is 31.2. The monoisotopic (exact) mass is 238 g/mol. The van der Waals surface area contributed by atoms with E-state index in [0.717, 1.165) is 18.1 Å². The first kappa shape index (κ1) is 13.4. The zero-order valence-electron chi connectivity index (χ0n) is 12.1. The molecule has 0 spiro atoms. The maximum Gasteiger partial charge on any atom is 0.0121 e. The van der Waals surface area contributed by atoms with Crippen LogP contribution in [0, 0.1) is 5.41 Å². The standard InChI is InChI=1S/C15H30N2/c1-12(2)17-10-7-13(8-11-17)16-14-6-5-9-15(14,3)4/h12-14,16H,5-11H2,1-4H3. The Morgan fingerprint density at radius 3 is 2.24 bits per heavy atom. The van der Waals surface area contributed by atoms with Crippen LogP contribution < -0.4 is 5.32 Å². The van der Waals surface area contributed by atoms with Gasteiger partial charge >= 0.3 is 0 Å². The summed E-state index contributed by atoms with van der Waals surface area (Å²) >= 11 is 0. The van der Waals surface area contributed by atoms with Crippen molar-refractivity contribution < 1.29 is 0 Å². The van der Waals surface area contributed by atoms with Crippen molar-refractivity contribution in [1.29, 1.82) is 0 Å². The number of likely N-dealkylation sites (tertiary alicyclic amines) is 1. The second-order valence-electron chi connectivity index (χ2n) is 7.00. The largest absolute Gasteiger partial charge is 0.311 e. The van der Waals surface area contributed by atoms with E-state index in [4.69, 9.17) is 0 Å². The predicted molar refractivity (Wildman–Crippen MR) is 74.3 cm³/mol. The van der Waals surface area contributed by atoms with Gasteiger partial charge in [-0.3, -0.25) is 0 Å². The maximum absolute atomic E-state index is 3.94. The molecule has 1 saturated carbocycles. The molecule has 1 heterocycles. The SMILES string of the molecule is CC(C)N1CCC(NC2CCCC2(C)C)CC1. The van der Waals surface area contributed by atoms with Crippen molar-refractivity contribution in [1.82, 2.24) is 10.2 Å². The fourth-order valence-electron chi connectivity index (χ4n) is 3.50. The van der Waals surface area contributed by atoms with Crippen molar-refractivity contribution >= 4 is 0 Å². The van der Waals surface area contributed by atoms with Crippen LogP contribution in [0.15, 0.2) is 0 Å². The highest BCUT2D eigenvalue weighted by Crippen LogP contribution is 2.37. The second-order valence-corrected chi connectivity index (χ2v) is 7.00. The molecule has 1 saturated heterocycles. The number of nitrogens with zero attached hydrogens (tertiary/aromatic N) is 1. The molecule has 1 N–H and O–H groups in total. The number of nitrogens with one attached hydrogen (secondary N) is 1. The fourth-order valence-corrected chi connectivity index (χ4v) is 3.50. The Bertz CT molecular complexity index is 239. The lowest BCUT2D eigenvalue weighted by molar-refractivity contribution is 0.145. The van der Waals surface area contributed by atoms with E-state index in [-0.39, 0.29) is 0 Å². The molecule has 1 aliphatic heterocycles. The van der Waals surface area contributed by atoms with Crippen LogP contribution in [0.3, 0.4) is 0 Å². The number of rotatable bonds is 3. The molecular weight excluding hydrogens is 208 g/mol. The molecule has 2 aliphatic rings. The van der Waals surface area contributed by atoms with Gasteiger partial charge in [0.25, 0.3) is 0 Å². The van der Waals surface area contributed by atoms with E-state index in [0.29, 0.717) is 5.41 Å². The van der Waals surface area contributed by atoms with Crippen LogP contribution in [-0.2, 0) is 0 Å². The Kier molecular flexibility index (Phi) is 4.14. The smallest absolute Gasteiger partial charge is 0.0121 e. The predicted octanol–water partition coefficient (Wildman–Crippen LogP) is 3.03. The molecule has 0 aromatic rings. The Balaban J connectivity index is 1.78. The molecule has 1 atom stereocenters. The summed E-state index contributed by atoms with van der Waals surface area (Å²) in [5.41, 5.74) is 0.523. The van der Waals surface area contributed by atoms with Gasteiger partial charge in [-0.25, -0.2) is 0 Å². The zero-order chi connectivity index (χ0) is 12.5. The molecule has 0 aromatic carbocycles. The Hall–Kier alpha value is -0.0800. The van der Waals surface area contributed by atoms with Crippen LogP contribution in [0.25, 0.3) is 0 Å². The summed E-state index contributed by atoms with van der Waals surface area (Å²) < 4.78 is 0. The molecular formula is C15H30N2. The van der Waals surface area contributed by atoms with Gasteiger partial charge in [-0.05, 0) is 58.0 Å². The molecule has 0 radical (unpaired) electrons. The lowest BCUT2D eigenvalue weighted by atomic mass is 9.86. The second kappa shape index (κ2) is 5.27. The molecule has 2 rings (SSSR count). The minimum atomic E-state index is 0.523. The van der Waals surface area contributed by atoms with Gasteiger partial charge in [-0.1, -0.05) is 20.3 Å². The van der Waals surface area contributed by atoms with Gasteiger partial charge in [0.2, 0.25) is 0 Å². The fraction of sp³-hybridized carbons (Fsp3) is 1.00. The summed E-state index contributed by atoms with van der Waals surface area (Å²) in [6.07, 6.45) is 6.87. The highest BCUT2D eigenvalue weighted by Gasteiger charge is 2.36. The van der Waals surface area contributed by atoms with Crippen molar-refractivity contribution in [2.45, 2.75) is 77.9 Å². The molecule has 100 valence electrons. The minimum Gasteiger partial charge on any atom is -0.311 e. The summed E-state index contributed by atoms with van der Waals surface area (Å²) in [4.78, 5) is 2.61. The van der Waals surface area contributed by atoms with Gasteiger partial charge in [0.1, 0.15) is 0 Å². The van der Waals surface area contributed by atoms with Crippen LogP contribution in [0.2, 0.25) is 0 Å². The van der Waals surface area contributed by atoms with Crippen molar-refractivity contribution in [3.63, 3.8) is 0 Å². The first-order valence-corrected chi connectivity index (χ1v) is 7.49. The first-order valence-electron chi connectivity index (χ1n) is 7.49. The number of piperidine rings is 1. The molecule has 0 aromatic heterocycles. The third-order valence-electron chi connectivity index (χ3n) is 4.95. The number of hydrogen-bond acceptors (Lipinski definition) is 2. The van der Waals surface area contributed by atoms with Crippen molar-refractivity contribution in [2.24, 2.45) is 5.41 Å². The molecule has 1 unspecified atom stereocenters. The third kappa shape index (κ3) is 3.23. The highest BCUT2D eigenvalue weighted by atomic mass is 15.2. The summed E-state index contributed by atoms with van der Waals surface area (Å²) in [5, 5.41) is 3.94. The molecule has 2 fully saturated rings. The Labute approximate surface area is 107 Å². The van der Waals surface area contributed by atoms with Crippen LogP contribution in [-0.4, -0.2) is 36.1 Å². The Morgan fingerprint density at radius 1 is 1.12 bits per heavy atom. The molecule has 1 aliphatic carbocycles. The van der Waals surface area contributed by atoms with E-state index in [1.807, 2.05) is 0 Å². The van der Waals surface area contributed by atoms with E-state index in [1.54, 1.807) is 0 Å².